The number of ether oxygens (including phenoxy) is 1. The monoisotopic (exact) mass is 467 g/mol. The molecule has 4 rings (SSSR count). The Morgan fingerprint density at radius 2 is 2.06 bits per heavy atom. The first-order valence-corrected chi connectivity index (χ1v) is 11.4. The summed E-state index contributed by atoms with van der Waals surface area (Å²) in [6.45, 7) is 4.76. The molecule has 180 valence electrons. The molecule has 0 radical (unpaired) electrons. The third-order valence-corrected chi connectivity index (χ3v) is 5.80. The Balaban J connectivity index is 1.74. The first kappa shape index (κ1) is 23.8. The number of aliphatic hydroxyl groups is 1. The van der Waals surface area contributed by atoms with Gasteiger partial charge in [-0.25, -0.2) is 9.37 Å². The highest BCUT2D eigenvalue weighted by Crippen LogP contribution is 2.34. The van der Waals surface area contributed by atoms with Crippen LogP contribution in [-0.4, -0.2) is 58.2 Å². The Morgan fingerprint density at radius 3 is 2.76 bits per heavy atom. The van der Waals surface area contributed by atoms with Crippen LogP contribution in [0.4, 0.5) is 10.2 Å². The van der Waals surface area contributed by atoms with E-state index in [4.69, 9.17) is 4.74 Å². The summed E-state index contributed by atoms with van der Waals surface area (Å²) in [6.07, 6.45) is 7.20. The highest BCUT2D eigenvalue weighted by molar-refractivity contribution is 5.96. The number of carbonyl (C=O) groups excluding carboxylic acids is 1. The highest BCUT2D eigenvalue weighted by Gasteiger charge is 2.26. The van der Waals surface area contributed by atoms with E-state index >= 15 is 0 Å². The highest BCUT2D eigenvalue weighted by atomic mass is 19.1. The average Bonchev–Trinajstić information content (AvgIpc) is 3.51. The van der Waals surface area contributed by atoms with Gasteiger partial charge in [-0.3, -0.25) is 9.48 Å². The Morgan fingerprint density at radius 1 is 1.26 bits per heavy atom. The van der Waals surface area contributed by atoms with Crippen LogP contribution in [0.2, 0.25) is 0 Å². The molecule has 3 N–H and O–H groups in total. The number of anilines is 1. The van der Waals surface area contributed by atoms with Crippen molar-refractivity contribution in [3.8, 4) is 22.3 Å². The SMILES string of the molecule is COCCn1cc(-c2cc(-c3cc(C(=O)NC4CC4)c(F)cc3C)cnc2N[C@@H](C)CO)cn1. The predicted molar refractivity (Wildman–Crippen MR) is 128 cm³/mol. The molecule has 1 aliphatic rings. The Hall–Kier alpha value is -3.30. The van der Waals surface area contributed by atoms with Gasteiger partial charge in [0.05, 0.1) is 31.5 Å². The number of carbonyl (C=O) groups is 1. The minimum absolute atomic E-state index is 0.0255. The van der Waals surface area contributed by atoms with Crippen LogP contribution in [0.3, 0.4) is 0 Å². The molecule has 3 aromatic rings. The number of rotatable bonds is 10. The molecule has 0 spiro atoms. The van der Waals surface area contributed by atoms with Crippen LogP contribution in [0.25, 0.3) is 22.3 Å². The first-order chi connectivity index (χ1) is 16.4. The van der Waals surface area contributed by atoms with E-state index in [0.29, 0.717) is 24.5 Å². The lowest BCUT2D eigenvalue weighted by Gasteiger charge is -2.17. The summed E-state index contributed by atoms with van der Waals surface area (Å²) >= 11 is 0. The summed E-state index contributed by atoms with van der Waals surface area (Å²) in [6, 6.07) is 4.86. The molecule has 8 nitrogen and oxygen atoms in total. The van der Waals surface area contributed by atoms with Gasteiger partial charge in [-0.05, 0) is 56.0 Å². The average molecular weight is 468 g/mol. The van der Waals surface area contributed by atoms with Gasteiger partial charge in [-0.2, -0.15) is 5.10 Å². The van der Waals surface area contributed by atoms with Gasteiger partial charge in [0.25, 0.3) is 5.91 Å². The number of aliphatic hydroxyl groups excluding tert-OH is 1. The van der Waals surface area contributed by atoms with Crippen molar-refractivity contribution < 1.29 is 19.0 Å². The lowest BCUT2D eigenvalue weighted by atomic mass is 9.96. The van der Waals surface area contributed by atoms with Gasteiger partial charge in [0.15, 0.2) is 0 Å². The second-order valence-corrected chi connectivity index (χ2v) is 8.73. The second kappa shape index (κ2) is 10.3. The summed E-state index contributed by atoms with van der Waals surface area (Å²) < 4.78 is 21.6. The van der Waals surface area contributed by atoms with Crippen molar-refractivity contribution in [2.75, 3.05) is 25.6 Å². The van der Waals surface area contributed by atoms with Crippen LogP contribution >= 0.6 is 0 Å². The normalized spacial score (nSPS) is 14.1. The van der Waals surface area contributed by atoms with Gasteiger partial charge < -0.3 is 20.5 Å². The van der Waals surface area contributed by atoms with Crippen molar-refractivity contribution in [3.63, 3.8) is 0 Å². The smallest absolute Gasteiger partial charge is 0.254 e. The Kier molecular flexibility index (Phi) is 7.23. The fourth-order valence-corrected chi connectivity index (χ4v) is 3.68. The summed E-state index contributed by atoms with van der Waals surface area (Å²) in [5, 5.41) is 20.0. The Labute approximate surface area is 198 Å². The van der Waals surface area contributed by atoms with Gasteiger partial charge >= 0.3 is 0 Å². The van der Waals surface area contributed by atoms with Gasteiger partial charge in [0.1, 0.15) is 11.6 Å². The number of halogens is 1. The van der Waals surface area contributed by atoms with E-state index in [1.165, 1.54) is 6.07 Å². The zero-order valence-corrected chi connectivity index (χ0v) is 19.6. The molecule has 0 aliphatic heterocycles. The maximum Gasteiger partial charge on any atom is 0.254 e. The molecular weight excluding hydrogens is 437 g/mol. The summed E-state index contributed by atoms with van der Waals surface area (Å²) in [5.74, 6) is -0.339. The van der Waals surface area contributed by atoms with Crippen molar-refractivity contribution in [2.24, 2.45) is 0 Å². The number of methoxy groups -OCH3 is 1. The van der Waals surface area contributed by atoms with Crippen molar-refractivity contribution in [1.82, 2.24) is 20.1 Å². The van der Waals surface area contributed by atoms with Crippen LogP contribution in [-0.2, 0) is 11.3 Å². The van der Waals surface area contributed by atoms with Crippen LogP contribution in [0, 0.1) is 12.7 Å². The minimum Gasteiger partial charge on any atom is -0.394 e. The van der Waals surface area contributed by atoms with E-state index in [-0.39, 0.29) is 24.3 Å². The van der Waals surface area contributed by atoms with Crippen LogP contribution in [0.1, 0.15) is 35.7 Å². The van der Waals surface area contributed by atoms with E-state index in [1.54, 1.807) is 30.3 Å². The van der Waals surface area contributed by atoms with Crippen molar-refractivity contribution >= 4 is 11.7 Å². The molecule has 1 amide bonds. The van der Waals surface area contributed by atoms with Crippen molar-refractivity contribution in [3.05, 3.63) is 53.7 Å². The molecule has 0 bridgehead atoms. The number of amides is 1. The quantitative estimate of drug-likeness (QED) is 0.423. The third kappa shape index (κ3) is 5.43. The van der Waals surface area contributed by atoms with Crippen molar-refractivity contribution in [2.45, 2.75) is 45.3 Å². The fourth-order valence-electron chi connectivity index (χ4n) is 3.68. The molecule has 1 aliphatic carbocycles. The van der Waals surface area contributed by atoms with Gasteiger partial charge in [0.2, 0.25) is 0 Å². The van der Waals surface area contributed by atoms with Gasteiger partial charge in [-0.15, -0.1) is 0 Å². The minimum atomic E-state index is -0.540. The molecule has 9 heteroatoms. The molecule has 1 fully saturated rings. The number of hydrogen-bond acceptors (Lipinski definition) is 6. The zero-order valence-electron chi connectivity index (χ0n) is 19.6. The van der Waals surface area contributed by atoms with E-state index < -0.39 is 11.7 Å². The number of hydrogen-bond donors (Lipinski definition) is 3. The maximum absolute atomic E-state index is 14.6. The molecule has 1 atom stereocenters. The molecule has 2 aromatic heterocycles. The van der Waals surface area contributed by atoms with Crippen LogP contribution in [0.15, 0.2) is 36.8 Å². The lowest BCUT2D eigenvalue weighted by molar-refractivity contribution is 0.0947. The molecule has 34 heavy (non-hydrogen) atoms. The summed E-state index contributed by atoms with van der Waals surface area (Å²) in [7, 11) is 1.64. The third-order valence-electron chi connectivity index (χ3n) is 5.80. The summed E-state index contributed by atoms with van der Waals surface area (Å²) in [4.78, 5) is 17.2. The van der Waals surface area contributed by atoms with E-state index in [1.807, 2.05) is 26.1 Å². The van der Waals surface area contributed by atoms with Crippen LogP contribution in [0.5, 0.6) is 0 Å². The Bertz CT molecular complexity index is 1180. The van der Waals surface area contributed by atoms with E-state index in [9.17, 15) is 14.3 Å². The second-order valence-electron chi connectivity index (χ2n) is 8.73. The molecular formula is C25H30FN5O3. The number of nitrogens with one attached hydrogen (secondary N) is 2. The zero-order chi connectivity index (χ0) is 24.2. The van der Waals surface area contributed by atoms with Gasteiger partial charge in [0, 0.05) is 48.3 Å². The number of aryl methyl sites for hydroxylation is 1. The molecule has 1 saturated carbocycles. The molecule has 0 saturated heterocycles. The molecule has 1 aromatic carbocycles. The van der Waals surface area contributed by atoms with E-state index in [2.05, 4.69) is 20.7 Å². The number of pyridine rings is 1. The van der Waals surface area contributed by atoms with Crippen LogP contribution < -0.4 is 10.6 Å². The van der Waals surface area contributed by atoms with E-state index in [0.717, 1.165) is 35.1 Å². The number of benzene rings is 1. The standard InChI is InChI=1S/C25H30FN5O3/c1-15-8-23(26)22(25(33)30-19-4-5-19)10-20(15)17-9-21(24(27-11-17)29-16(2)14-32)18-12-28-31(13-18)6-7-34-3/h8-13,16,19,32H,4-7,14H2,1-3H3,(H,27,29)(H,30,33)/t16-/m0/s1. The van der Waals surface area contributed by atoms with Crippen molar-refractivity contribution in [1.29, 1.82) is 0 Å². The first-order valence-electron chi connectivity index (χ1n) is 11.4. The lowest BCUT2D eigenvalue weighted by Crippen LogP contribution is -2.26. The molecule has 2 heterocycles. The largest absolute Gasteiger partial charge is 0.394 e. The topological polar surface area (TPSA) is 101 Å². The summed E-state index contributed by atoms with van der Waals surface area (Å²) in [5.41, 5.74) is 3.83. The molecule has 0 unspecified atom stereocenters. The van der Waals surface area contributed by atoms with Gasteiger partial charge in [-0.1, -0.05) is 0 Å². The maximum atomic E-state index is 14.6. The number of nitrogens with zero attached hydrogens (tertiary/aromatic N) is 3. The fraction of sp³-hybridized carbons (Fsp3) is 0.400. The number of aromatic nitrogens is 3. The predicted octanol–water partition coefficient (Wildman–Crippen LogP) is 3.39.